The van der Waals surface area contributed by atoms with Gasteiger partial charge in [-0.25, -0.2) is 8.78 Å². The third kappa shape index (κ3) is 3.49. The largest absolute Gasteiger partial charge is 0.299 e. The molecule has 0 amide bonds. The van der Waals surface area contributed by atoms with Gasteiger partial charge in [0.1, 0.15) is 17.4 Å². The number of allylic oxidation sites excluding steroid dienone is 2. The summed E-state index contributed by atoms with van der Waals surface area (Å²) in [4.78, 5) is 11.8. The maximum absolute atomic E-state index is 13.4. The van der Waals surface area contributed by atoms with E-state index in [0.717, 1.165) is 30.9 Å². The molecule has 1 nitrogen and oxygen atoms in total. The van der Waals surface area contributed by atoms with Gasteiger partial charge in [-0.15, -0.1) is 0 Å². The van der Waals surface area contributed by atoms with Crippen LogP contribution in [0.15, 0.2) is 29.8 Å². The van der Waals surface area contributed by atoms with Crippen molar-refractivity contribution in [2.45, 2.75) is 38.5 Å². The molecule has 0 unspecified atom stereocenters. The minimum Gasteiger partial charge on any atom is -0.299 e. The molecule has 0 heterocycles. The Morgan fingerprint density at radius 2 is 2.00 bits per heavy atom. The second-order valence-electron chi connectivity index (χ2n) is 4.74. The average Bonchev–Trinajstić information content (AvgIpc) is 2.34. The Hall–Kier alpha value is -1.51. The van der Waals surface area contributed by atoms with Crippen LogP contribution in [-0.4, -0.2) is 5.78 Å². The highest BCUT2D eigenvalue weighted by molar-refractivity contribution is 5.83. The second-order valence-corrected chi connectivity index (χ2v) is 4.74. The summed E-state index contributed by atoms with van der Waals surface area (Å²) >= 11 is 0. The van der Waals surface area contributed by atoms with Gasteiger partial charge in [-0.1, -0.05) is 17.7 Å². The summed E-state index contributed by atoms with van der Waals surface area (Å²) in [5.74, 6) is -1.26. The number of hydrogen-bond donors (Lipinski definition) is 0. The van der Waals surface area contributed by atoms with Gasteiger partial charge in [0.25, 0.3) is 0 Å². The zero-order valence-corrected chi connectivity index (χ0v) is 10.2. The highest BCUT2D eigenvalue weighted by Gasteiger charge is 2.12. The standard InChI is InChI=1S/C15H16F2O/c16-13-7-6-12(15(17)10-13)9-14(18)8-11-4-2-1-3-5-11/h4,6-7,10H,1-3,5,8-9H2. The predicted molar refractivity (Wildman–Crippen MR) is 66.2 cm³/mol. The molecule has 1 aliphatic carbocycles. The number of carbonyl (C=O) groups excluding carboxylic acids is 1. The summed E-state index contributed by atoms with van der Waals surface area (Å²) in [6.45, 7) is 0. The number of halogens is 2. The number of ketones is 1. The second kappa shape index (κ2) is 5.89. The first-order chi connectivity index (χ1) is 8.65. The number of Topliss-reactive ketones (excluding diaryl/α,β-unsaturated/α-hetero) is 1. The fourth-order valence-electron chi connectivity index (χ4n) is 2.26. The Balaban J connectivity index is 1.96. The molecule has 1 aliphatic rings. The predicted octanol–water partition coefficient (Wildman–Crippen LogP) is 3.97. The first-order valence-corrected chi connectivity index (χ1v) is 6.28. The number of carbonyl (C=O) groups is 1. The molecule has 0 N–H and O–H groups in total. The van der Waals surface area contributed by atoms with E-state index in [2.05, 4.69) is 6.08 Å². The van der Waals surface area contributed by atoms with Crippen molar-refractivity contribution in [2.24, 2.45) is 0 Å². The van der Waals surface area contributed by atoms with Crippen LogP contribution in [0.3, 0.4) is 0 Å². The van der Waals surface area contributed by atoms with Gasteiger partial charge in [0.2, 0.25) is 0 Å². The summed E-state index contributed by atoms with van der Waals surface area (Å²) in [5.41, 5.74) is 1.44. The number of benzene rings is 1. The molecule has 18 heavy (non-hydrogen) atoms. The third-order valence-electron chi connectivity index (χ3n) is 3.21. The fraction of sp³-hybridized carbons (Fsp3) is 0.400. The molecule has 1 aromatic rings. The van der Waals surface area contributed by atoms with Crippen molar-refractivity contribution in [1.29, 1.82) is 0 Å². The van der Waals surface area contributed by atoms with Crippen LogP contribution in [0, 0.1) is 11.6 Å². The Morgan fingerprint density at radius 1 is 1.17 bits per heavy atom. The zero-order chi connectivity index (χ0) is 13.0. The summed E-state index contributed by atoms with van der Waals surface area (Å²) in [6, 6.07) is 3.35. The maximum atomic E-state index is 13.4. The van der Waals surface area contributed by atoms with Crippen LogP contribution in [0.25, 0.3) is 0 Å². The Bertz CT molecular complexity index is 477. The molecule has 3 heteroatoms. The molecule has 0 radical (unpaired) electrons. The summed E-state index contributed by atoms with van der Waals surface area (Å²) in [6.07, 6.45) is 6.88. The maximum Gasteiger partial charge on any atom is 0.141 e. The van der Waals surface area contributed by atoms with Crippen molar-refractivity contribution in [3.8, 4) is 0 Å². The summed E-state index contributed by atoms with van der Waals surface area (Å²) in [5, 5.41) is 0. The van der Waals surface area contributed by atoms with Gasteiger partial charge < -0.3 is 0 Å². The third-order valence-corrected chi connectivity index (χ3v) is 3.21. The lowest BCUT2D eigenvalue weighted by Gasteiger charge is -2.11. The number of rotatable bonds is 4. The minimum atomic E-state index is -0.638. The Kier molecular flexibility index (Phi) is 4.24. The molecule has 96 valence electrons. The smallest absolute Gasteiger partial charge is 0.141 e. The van der Waals surface area contributed by atoms with E-state index >= 15 is 0 Å². The lowest BCUT2D eigenvalue weighted by Crippen LogP contribution is -2.07. The van der Waals surface area contributed by atoms with Crippen LogP contribution >= 0.6 is 0 Å². The minimum absolute atomic E-state index is 0.00587. The first-order valence-electron chi connectivity index (χ1n) is 6.28. The van der Waals surface area contributed by atoms with Crippen molar-refractivity contribution in [3.05, 3.63) is 47.0 Å². The van der Waals surface area contributed by atoms with Crippen molar-refractivity contribution >= 4 is 5.78 Å². The fourth-order valence-corrected chi connectivity index (χ4v) is 2.26. The van der Waals surface area contributed by atoms with E-state index in [0.29, 0.717) is 6.42 Å². The highest BCUT2D eigenvalue weighted by atomic mass is 19.1. The quantitative estimate of drug-likeness (QED) is 0.739. The molecule has 0 saturated heterocycles. The molecule has 0 saturated carbocycles. The Morgan fingerprint density at radius 3 is 2.67 bits per heavy atom. The van der Waals surface area contributed by atoms with Crippen LogP contribution in [0.4, 0.5) is 8.78 Å². The van der Waals surface area contributed by atoms with E-state index in [9.17, 15) is 13.6 Å². The molecule has 2 rings (SSSR count). The van der Waals surface area contributed by atoms with Crippen LogP contribution in [0.5, 0.6) is 0 Å². The molecular weight excluding hydrogens is 234 g/mol. The molecule has 0 aliphatic heterocycles. The van der Waals surface area contributed by atoms with Gasteiger partial charge in [-0.2, -0.15) is 0 Å². The van der Waals surface area contributed by atoms with Crippen LogP contribution in [0.1, 0.15) is 37.7 Å². The van der Waals surface area contributed by atoms with Crippen molar-refractivity contribution in [3.63, 3.8) is 0 Å². The monoisotopic (exact) mass is 250 g/mol. The van der Waals surface area contributed by atoms with Gasteiger partial charge >= 0.3 is 0 Å². The zero-order valence-electron chi connectivity index (χ0n) is 10.2. The van der Waals surface area contributed by atoms with Gasteiger partial charge in [0.15, 0.2) is 0 Å². The van der Waals surface area contributed by atoms with Gasteiger partial charge in [-0.3, -0.25) is 4.79 Å². The van der Waals surface area contributed by atoms with E-state index in [4.69, 9.17) is 0 Å². The highest BCUT2D eigenvalue weighted by Crippen LogP contribution is 2.21. The molecule has 0 spiro atoms. The van der Waals surface area contributed by atoms with E-state index < -0.39 is 11.6 Å². The van der Waals surface area contributed by atoms with E-state index in [1.54, 1.807) is 0 Å². The summed E-state index contributed by atoms with van der Waals surface area (Å²) < 4.78 is 26.1. The van der Waals surface area contributed by atoms with Gasteiger partial charge in [-0.05, 0) is 37.3 Å². The van der Waals surface area contributed by atoms with Crippen molar-refractivity contribution < 1.29 is 13.6 Å². The van der Waals surface area contributed by atoms with Crippen molar-refractivity contribution in [1.82, 2.24) is 0 Å². The summed E-state index contributed by atoms with van der Waals surface area (Å²) in [7, 11) is 0. The molecule has 0 fully saturated rings. The number of hydrogen-bond acceptors (Lipinski definition) is 1. The van der Waals surface area contributed by atoms with Gasteiger partial charge in [0.05, 0.1) is 0 Å². The van der Waals surface area contributed by atoms with Gasteiger partial charge in [0, 0.05) is 18.9 Å². The topological polar surface area (TPSA) is 17.1 Å². The van der Waals surface area contributed by atoms with Crippen LogP contribution < -0.4 is 0 Å². The average molecular weight is 250 g/mol. The lowest BCUT2D eigenvalue weighted by molar-refractivity contribution is -0.117. The van der Waals surface area contributed by atoms with E-state index in [1.165, 1.54) is 18.6 Å². The lowest BCUT2D eigenvalue weighted by atomic mass is 9.94. The van der Waals surface area contributed by atoms with Crippen LogP contribution in [0.2, 0.25) is 0 Å². The van der Waals surface area contributed by atoms with Crippen LogP contribution in [-0.2, 0) is 11.2 Å². The van der Waals surface area contributed by atoms with Crippen molar-refractivity contribution in [2.75, 3.05) is 0 Å². The molecule has 0 aromatic heterocycles. The Labute approximate surface area is 106 Å². The normalized spacial score (nSPS) is 15.3. The molecule has 0 atom stereocenters. The molecular formula is C15H16F2O. The van der Waals surface area contributed by atoms with E-state index in [1.807, 2.05) is 0 Å². The SMILES string of the molecule is O=C(CC1=CCCCC1)Cc1ccc(F)cc1F. The molecule has 1 aromatic carbocycles. The molecule has 0 bridgehead atoms. The van der Waals surface area contributed by atoms with E-state index in [-0.39, 0.29) is 17.8 Å². The first kappa shape index (κ1) is 12.9.